The van der Waals surface area contributed by atoms with Crippen LogP contribution >= 0.6 is 0 Å². The van der Waals surface area contributed by atoms with E-state index in [1.165, 1.54) is 0 Å². The molecular formula is C12H16N2O3. The predicted octanol–water partition coefficient (Wildman–Crippen LogP) is 1.20. The summed E-state index contributed by atoms with van der Waals surface area (Å²) in [5, 5.41) is 15.1. The Morgan fingerprint density at radius 1 is 1.53 bits per heavy atom. The van der Waals surface area contributed by atoms with Crippen LogP contribution in [0.4, 0.5) is 11.4 Å². The Hall–Kier alpha value is -1.75. The van der Waals surface area contributed by atoms with Gasteiger partial charge in [-0.1, -0.05) is 0 Å². The molecule has 1 aromatic rings. The van der Waals surface area contributed by atoms with Gasteiger partial charge in [-0.3, -0.25) is 4.79 Å². The van der Waals surface area contributed by atoms with Crippen LogP contribution in [0.2, 0.25) is 0 Å². The summed E-state index contributed by atoms with van der Waals surface area (Å²) < 4.78 is 5.26. The average Bonchev–Trinajstić information content (AvgIpc) is 2.28. The first-order chi connectivity index (χ1) is 8.00. The summed E-state index contributed by atoms with van der Waals surface area (Å²) >= 11 is 0. The van der Waals surface area contributed by atoms with Crippen molar-refractivity contribution in [3.05, 3.63) is 18.2 Å². The van der Waals surface area contributed by atoms with Crippen LogP contribution in [0.15, 0.2) is 18.2 Å². The molecular weight excluding hydrogens is 220 g/mol. The van der Waals surface area contributed by atoms with E-state index in [1.54, 1.807) is 12.1 Å². The third kappa shape index (κ3) is 2.68. The number of amides is 1. The third-order valence-corrected chi connectivity index (χ3v) is 2.49. The second-order valence-electron chi connectivity index (χ2n) is 4.71. The topological polar surface area (TPSA) is 70.6 Å². The van der Waals surface area contributed by atoms with Crippen LogP contribution in [0.1, 0.15) is 13.8 Å². The molecule has 0 fully saturated rings. The van der Waals surface area contributed by atoms with Crippen molar-refractivity contribution in [2.45, 2.75) is 19.4 Å². The van der Waals surface area contributed by atoms with Gasteiger partial charge in [-0.25, -0.2) is 0 Å². The van der Waals surface area contributed by atoms with E-state index in [0.29, 0.717) is 11.4 Å². The first-order valence-corrected chi connectivity index (χ1v) is 5.46. The lowest BCUT2D eigenvalue weighted by atomic mass is 10.1. The summed E-state index contributed by atoms with van der Waals surface area (Å²) in [6.45, 7) is 3.86. The van der Waals surface area contributed by atoms with E-state index in [9.17, 15) is 9.90 Å². The standard InChI is InChI=1S/C12H16N2O3/c1-12(2,7-15)14-8-3-4-10-9(5-8)13-11(16)6-17-10/h3-5,14-15H,6-7H2,1-2H3,(H,13,16). The lowest BCUT2D eigenvalue weighted by molar-refractivity contribution is -0.118. The third-order valence-electron chi connectivity index (χ3n) is 2.49. The summed E-state index contributed by atoms with van der Waals surface area (Å²) in [5.41, 5.74) is 1.07. The zero-order valence-electron chi connectivity index (χ0n) is 9.91. The van der Waals surface area contributed by atoms with Gasteiger partial charge in [0.05, 0.1) is 17.8 Å². The quantitative estimate of drug-likeness (QED) is 0.737. The number of aliphatic hydroxyl groups is 1. The number of nitrogens with one attached hydrogen (secondary N) is 2. The molecule has 1 aliphatic rings. The van der Waals surface area contributed by atoms with E-state index in [2.05, 4.69) is 10.6 Å². The second kappa shape index (κ2) is 4.25. The number of hydrogen-bond donors (Lipinski definition) is 3. The molecule has 92 valence electrons. The number of carbonyl (C=O) groups excluding carboxylic acids is 1. The van der Waals surface area contributed by atoms with Crippen molar-refractivity contribution in [2.75, 3.05) is 23.8 Å². The normalized spacial score (nSPS) is 14.6. The largest absolute Gasteiger partial charge is 0.482 e. The first-order valence-electron chi connectivity index (χ1n) is 5.46. The molecule has 1 heterocycles. The number of rotatable bonds is 3. The van der Waals surface area contributed by atoms with Gasteiger partial charge in [-0.2, -0.15) is 0 Å². The second-order valence-corrected chi connectivity index (χ2v) is 4.71. The molecule has 0 bridgehead atoms. The molecule has 5 nitrogen and oxygen atoms in total. The number of benzene rings is 1. The van der Waals surface area contributed by atoms with E-state index < -0.39 is 5.54 Å². The van der Waals surface area contributed by atoms with E-state index in [1.807, 2.05) is 19.9 Å². The van der Waals surface area contributed by atoms with Crippen molar-refractivity contribution >= 4 is 17.3 Å². The van der Waals surface area contributed by atoms with Gasteiger partial charge in [0.2, 0.25) is 0 Å². The molecule has 0 unspecified atom stereocenters. The molecule has 0 aromatic heterocycles. The minimum Gasteiger partial charge on any atom is -0.482 e. The Labute approximate surface area is 99.8 Å². The van der Waals surface area contributed by atoms with Gasteiger partial charge in [-0.05, 0) is 32.0 Å². The summed E-state index contributed by atoms with van der Waals surface area (Å²) in [5.74, 6) is 0.507. The Kier molecular flexibility index (Phi) is 2.93. The smallest absolute Gasteiger partial charge is 0.262 e. The molecule has 0 aliphatic carbocycles. The van der Waals surface area contributed by atoms with Gasteiger partial charge in [0.15, 0.2) is 6.61 Å². The summed E-state index contributed by atoms with van der Waals surface area (Å²) in [7, 11) is 0. The number of fused-ring (bicyclic) bond motifs is 1. The van der Waals surface area contributed by atoms with Gasteiger partial charge in [-0.15, -0.1) is 0 Å². The summed E-state index contributed by atoms with van der Waals surface area (Å²) in [4.78, 5) is 11.2. The van der Waals surface area contributed by atoms with Gasteiger partial charge >= 0.3 is 0 Å². The summed E-state index contributed by atoms with van der Waals surface area (Å²) in [6, 6.07) is 5.45. The zero-order chi connectivity index (χ0) is 12.5. The maximum Gasteiger partial charge on any atom is 0.262 e. The van der Waals surface area contributed by atoms with Crippen molar-refractivity contribution in [3.63, 3.8) is 0 Å². The molecule has 5 heteroatoms. The highest BCUT2D eigenvalue weighted by Gasteiger charge is 2.19. The molecule has 0 saturated carbocycles. The molecule has 2 rings (SSSR count). The van der Waals surface area contributed by atoms with Crippen molar-refractivity contribution < 1.29 is 14.6 Å². The van der Waals surface area contributed by atoms with Gasteiger partial charge in [0.25, 0.3) is 5.91 Å². The molecule has 1 amide bonds. The molecule has 17 heavy (non-hydrogen) atoms. The van der Waals surface area contributed by atoms with E-state index in [-0.39, 0.29) is 19.1 Å². The maximum absolute atomic E-state index is 11.2. The SMILES string of the molecule is CC(C)(CO)Nc1ccc2c(c1)NC(=O)CO2. The highest BCUT2D eigenvalue weighted by molar-refractivity contribution is 5.96. The minimum atomic E-state index is -0.409. The average molecular weight is 236 g/mol. The van der Waals surface area contributed by atoms with Gasteiger partial charge in [0.1, 0.15) is 5.75 Å². The van der Waals surface area contributed by atoms with Crippen molar-refractivity contribution in [1.82, 2.24) is 0 Å². The number of aliphatic hydroxyl groups excluding tert-OH is 1. The molecule has 1 aromatic carbocycles. The highest BCUT2D eigenvalue weighted by atomic mass is 16.5. The number of anilines is 2. The van der Waals surface area contributed by atoms with Gasteiger partial charge < -0.3 is 20.5 Å². The maximum atomic E-state index is 11.2. The van der Waals surface area contributed by atoms with Crippen molar-refractivity contribution in [2.24, 2.45) is 0 Å². The van der Waals surface area contributed by atoms with Crippen molar-refractivity contribution in [1.29, 1.82) is 0 Å². The minimum absolute atomic E-state index is 0.0208. The van der Waals surface area contributed by atoms with E-state index in [0.717, 1.165) is 5.69 Å². The van der Waals surface area contributed by atoms with Crippen LogP contribution in [-0.2, 0) is 4.79 Å². The molecule has 0 radical (unpaired) electrons. The molecule has 0 atom stereocenters. The summed E-state index contributed by atoms with van der Waals surface area (Å²) in [6.07, 6.45) is 0. The van der Waals surface area contributed by atoms with Crippen LogP contribution in [-0.4, -0.2) is 29.8 Å². The lowest BCUT2D eigenvalue weighted by Crippen LogP contribution is -2.35. The number of ether oxygens (including phenoxy) is 1. The van der Waals surface area contributed by atoms with Gasteiger partial charge in [0, 0.05) is 5.69 Å². The Morgan fingerprint density at radius 2 is 2.29 bits per heavy atom. The van der Waals surface area contributed by atoms with Crippen LogP contribution in [0, 0.1) is 0 Å². The lowest BCUT2D eigenvalue weighted by Gasteiger charge is -2.26. The predicted molar refractivity (Wildman–Crippen MR) is 65.4 cm³/mol. The van der Waals surface area contributed by atoms with E-state index >= 15 is 0 Å². The first kappa shape index (κ1) is 11.7. The molecule has 3 N–H and O–H groups in total. The molecule has 1 aliphatic heterocycles. The number of hydrogen-bond acceptors (Lipinski definition) is 4. The van der Waals surface area contributed by atoms with E-state index in [4.69, 9.17) is 4.74 Å². The van der Waals surface area contributed by atoms with Crippen molar-refractivity contribution in [3.8, 4) is 5.75 Å². The van der Waals surface area contributed by atoms with Crippen LogP contribution in [0.25, 0.3) is 0 Å². The Morgan fingerprint density at radius 3 is 3.00 bits per heavy atom. The molecule has 0 saturated heterocycles. The Bertz CT molecular complexity index is 443. The van der Waals surface area contributed by atoms with Crippen LogP contribution < -0.4 is 15.4 Å². The molecule has 0 spiro atoms. The number of carbonyl (C=O) groups is 1. The van der Waals surface area contributed by atoms with Crippen LogP contribution in [0.3, 0.4) is 0 Å². The highest BCUT2D eigenvalue weighted by Crippen LogP contribution is 2.31. The fourth-order valence-electron chi connectivity index (χ4n) is 1.59. The monoisotopic (exact) mass is 236 g/mol. The Balaban J connectivity index is 2.21. The fourth-order valence-corrected chi connectivity index (χ4v) is 1.59. The fraction of sp³-hybridized carbons (Fsp3) is 0.417. The van der Waals surface area contributed by atoms with Crippen LogP contribution in [0.5, 0.6) is 5.75 Å². The zero-order valence-corrected chi connectivity index (χ0v) is 9.91.